The zero-order valence-electron chi connectivity index (χ0n) is 32.6. The Balaban J connectivity index is 1.17. The van der Waals surface area contributed by atoms with E-state index in [1.807, 2.05) is 18.2 Å². The van der Waals surface area contributed by atoms with E-state index >= 15 is 0 Å². The van der Waals surface area contributed by atoms with E-state index in [0.717, 1.165) is 25.1 Å². The van der Waals surface area contributed by atoms with Crippen LogP contribution in [-0.2, 0) is 56.8 Å². The van der Waals surface area contributed by atoms with Crippen LogP contribution in [0.5, 0.6) is 0 Å². The first-order valence-electron chi connectivity index (χ1n) is 19.2. The summed E-state index contributed by atoms with van der Waals surface area (Å²) in [5, 5.41) is 3.32. The van der Waals surface area contributed by atoms with Gasteiger partial charge in [-0.25, -0.2) is 9.59 Å². The fourth-order valence-electron chi connectivity index (χ4n) is 4.34. The van der Waals surface area contributed by atoms with Gasteiger partial charge < -0.3 is 62.2 Å². The SMILES string of the molecule is CCCCNc1ccc(C(=O)OCCOCCOCCOCCOCCOCCOCCOCCOCCOCCOCCOC(=O)c2ccccc2)cc1. The predicted molar refractivity (Wildman–Crippen MR) is 205 cm³/mol. The molecule has 0 aliphatic carbocycles. The summed E-state index contributed by atoms with van der Waals surface area (Å²) in [5.41, 5.74) is 2.03. The summed E-state index contributed by atoms with van der Waals surface area (Å²) in [6.07, 6.45) is 2.24. The Bertz CT molecular complexity index is 1160. The number of rotatable bonds is 39. The van der Waals surface area contributed by atoms with Crippen LogP contribution in [0.15, 0.2) is 54.6 Å². The van der Waals surface area contributed by atoms with Gasteiger partial charge >= 0.3 is 11.9 Å². The minimum absolute atomic E-state index is 0.184. The second kappa shape index (κ2) is 36.4. The van der Waals surface area contributed by atoms with Crippen LogP contribution in [0.3, 0.4) is 0 Å². The van der Waals surface area contributed by atoms with Gasteiger partial charge in [-0.1, -0.05) is 31.5 Å². The number of anilines is 1. The molecule has 0 radical (unpaired) electrons. The molecule has 55 heavy (non-hydrogen) atoms. The first-order valence-corrected chi connectivity index (χ1v) is 19.2. The molecule has 0 unspecified atom stereocenters. The van der Waals surface area contributed by atoms with Crippen molar-refractivity contribution in [2.75, 3.05) is 157 Å². The lowest BCUT2D eigenvalue weighted by Crippen LogP contribution is -2.16. The fourth-order valence-corrected chi connectivity index (χ4v) is 4.34. The number of carbonyl (C=O) groups is 2. The van der Waals surface area contributed by atoms with E-state index in [9.17, 15) is 9.59 Å². The number of unbranched alkanes of at least 4 members (excludes halogenated alkanes) is 1. The number of hydrogen-bond acceptors (Lipinski definition) is 15. The lowest BCUT2D eigenvalue weighted by molar-refractivity contribution is -0.0277. The summed E-state index contributed by atoms with van der Waals surface area (Å²) < 4.78 is 65.1. The molecule has 312 valence electrons. The summed E-state index contributed by atoms with van der Waals surface area (Å²) in [6, 6.07) is 16.1. The maximum absolute atomic E-state index is 12.1. The molecule has 2 rings (SSSR count). The molecule has 2 aromatic rings. The maximum Gasteiger partial charge on any atom is 0.338 e. The Morgan fingerprint density at radius 3 is 1.00 bits per heavy atom. The second-order valence-electron chi connectivity index (χ2n) is 11.6. The van der Waals surface area contributed by atoms with Crippen LogP contribution < -0.4 is 5.32 Å². The fraction of sp³-hybridized carbons (Fsp3) is 0.650. The molecular formula is C40H63NO14. The molecule has 0 bridgehead atoms. The summed E-state index contributed by atoms with van der Waals surface area (Å²) in [6.45, 7) is 12.4. The number of esters is 2. The first kappa shape index (κ1) is 47.9. The van der Waals surface area contributed by atoms with Crippen molar-refractivity contribution in [3.63, 3.8) is 0 Å². The number of benzene rings is 2. The minimum Gasteiger partial charge on any atom is -0.460 e. The van der Waals surface area contributed by atoms with E-state index in [0.29, 0.717) is 143 Å². The van der Waals surface area contributed by atoms with Crippen molar-refractivity contribution < 1.29 is 66.4 Å². The van der Waals surface area contributed by atoms with E-state index in [2.05, 4.69) is 12.2 Å². The summed E-state index contributed by atoms with van der Waals surface area (Å²) in [4.78, 5) is 23.9. The van der Waals surface area contributed by atoms with Crippen molar-refractivity contribution in [3.05, 3.63) is 65.7 Å². The van der Waals surface area contributed by atoms with Crippen molar-refractivity contribution in [1.82, 2.24) is 0 Å². The molecule has 0 fully saturated rings. The van der Waals surface area contributed by atoms with Crippen LogP contribution in [0.2, 0.25) is 0 Å². The van der Waals surface area contributed by atoms with E-state index < -0.39 is 0 Å². The molecule has 0 saturated heterocycles. The van der Waals surface area contributed by atoms with E-state index in [4.69, 9.17) is 56.8 Å². The molecular weight excluding hydrogens is 718 g/mol. The lowest BCUT2D eigenvalue weighted by atomic mass is 10.2. The van der Waals surface area contributed by atoms with Crippen LogP contribution in [0, 0.1) is 0 Å². The van der Waals surface area contributed by atoms with Crippen LogP contribution in [-0.4, -0.2) is 164 Å². The highest BCUT2D eigenvalue weighted by Crippen LogP contribution is 2.11. The summed E-state index contributed by atoms with van der Waals surface area (Å²) in [7, 11) is 0. The molecule has 0 spiro atoms. The van der Waals surface area contributed by atoms with Gasteiger partial charge in [-0.15, -0.1) is 0 Å². The van der Waals surface area contributed by atoms with E-state index in [1.165, 1.54) is 0 Å². The van der Waals surface area contributed by atoms with Crippen molar-refractivity contribution in [3.8, 4) is 0 Å². The predicted octanol–water partition coefficient (Wildman–Crippen LogP) is 4.08. The minimum atomic E-state index is -0.366. The zero-order chi connectivity index (χ0) is 39.1. The number of carbonyl (C=O) groups excluding carboxylic acids is 2. The molecule has 0 saturated carbocycles. The highest BCUT2D eigenvalue weighted by molar-refractivity contribution is 5.90. The van der Waals surface area contributed by atoms with Gasteiger partial charge in [0.15, 0.2) is 0 Å². The molecule has 0 atom stereocenters. The van der Waals surface area contributed by atoms with Gasteiger partial charge in [0, 0.05) is 12.2 Å². The second-order valence-corrected chi connectivity index (χ2v) is 11.6. The average Bonchev–Trinajstić information content (AvgIpc) is 3.21. The standard InChI is InChI=1S/C40H63NO14/c1-2-3-13-41-38-11-9-37(10-12-38)40(43)55-35-33-53-31-29-51-27-25-49-23-21-47-19-17-45-15-14-44-16-18-46-20-22-48-24-26-50-28-30-52-32-34-54-39(42)36-7-5-4-6-8-36/h4-12,41H,2-3,13-35H2,1H3. The van der Waals surface area contributed by atoms with Gasteiger partial charge in [-0.3, -0.25) is 0 Å². The van der Waals surface area contributed by atoms with Gasteiger partial charge in [-0.05, 0) is 42.8 Å². The highest BCUT2D eigenvalue weighted by atomic mass is 16.6. The maximum atomic E-state index is 12.1. The molecule has 0 amide bonds. The quantitative estimate of drug-likeness (QED) is 0.0764. The molecule has 2 aromatic carbocycles. The Kier molecular flexibility index (Phi) is 31.7. The lowest BCUT2D eigenvalue weighted by Gasteiger charge is -2.09. The Morgan fingerprint density at radius 1 is 0.400 bits per heavy atom. The smallest absolute Gasteiger partial charge is 0.338 e. The Morgan fingerprint density at radius 2 is 0.691 bits per heavy atom. The van der Waals surface area contributed by atoms with Crippen molar-refractivity contribution in [1.29, 1.82) is 0 Å². The molecule has 0 heterocycles. The topological polar surface area (TPSA) is 157 Å². The normalized spacial score (nSPS) is 11.1. The van der Waals surface area contributed by atoms with Crippen LogP contribution in [0.4, 0.5) is 5.69 Å². The Hall–Kier alpha value is -3.22. The van der Waals surface area contributed by atoms with Gasteiger partial charge in [0.25, 0.3) is 0 Å². The Labute approximate surface area is 326 Å². The largest absolute Gasteiger partial charge is 0.460 e. The third kappa shape index (κ3) is 28.8. The van der Waals surface area contributed by atoms with Crippen LogP contribution >= 0.6 is 0 Å². The number of nitrogens with one attached hydrogen (secondary N) is 1. The molecule has 0 aliphatic heterocycles. The molecule has 15 nitrogen and oxygen atoms in total. The first-order chi connectivity index (χ1) is 27.2. The highest BCUT2D eigenvalue weighted by Gasteiger charge is 2.07. The van der Waals surface area contributed by atoms with Gasteiger partial charge in [0.05, 0.1) is 143 Å². The van der Waals surface area contributed by atoms with Gasteiger partial charge in [-0.2, -0.15) is 0 Å². The third-order valence-electron chi connectivity index (χ3n) is 7.26. The molecule has 15 heteroatoms. The number of hydrogen-bond donors (Lipinski definition) is 1. The molecule has 1 N–H and O–H groups in total. The summed E-state index contributed by atoms with van der Waals surface area (Å²) in [5.74, 6) is -0.726. The van der Waals surface area contributed by atoms with E-state index in [1.54, 1.807) is 36.4 Å². The van der Waals surface area contributed by atoms with Crippen molar-refractivity contribution in [2.24, 2.45) is 0 Å². The third-order valence-corrected chi connectivity index (χ3v) is 7.26. The zero-order valence-corrected chi connectivity index (χ0v) is 32.6. The monoisotopic (exact) mass is 781 g/mol. The summed E-state index contributed by atoms with van der Waals surface area (Å²) >= 11 is 0. The number of ether oxygens (including phenoxy) is 12. The van der Waals surface area contributed by atoms with Gasteiger partial charge in [0.1, 0.15) is 13.2 Å². The molecule has 0 aliphatic rings. The van der Waals surface area contributed by atoms with E-state index in [-0.39, 0.29) is 25.2 Å². The molecule has 0 aromatic heterocycles. The average molecular weight is 782 g/mol. The van der Waals surface area contributed by atoms with Crippen molar-refractivity contribution in [2.45, 2.75) is 19.8 Å². The van der Waals surface area contributed by atoms with Crippen LogP contribution in [0.25, 0.3) is 0 Å². The van der Waals surface area contributed by atoms with Gasteiger partial charge in [0.2, 0.25) is 0 Å². The van der Waals surface area contributed by atoms with Crippen molar-refractivity contribution >= 4 is 17.6 Å². The van der Waals surface area contributed by atoms with Crippen LogP contribution in [0.1, 0.15) is 40.5 Å².